The van der Waals surface area contributed by atoms with Crippen molar-refractivity contribution in [3.8, 4) is 46.3 Å². The molecule has 0 heterocycles. The molecule has 0 aromatic heterocycles. The first-order valence-electron chi connectivity index (χ1n) is 29.8. The number of carbonyl (C=O) groups excluding carboxylic acids is 4. The number of unbranched alkanes of at least 4 members (excludes halogenated alkanes) is 13. The van der Waals surface area contributed by atoms with Gasteiger partial charge in [-0.25, -0.2) is 24.0 Å². The highest BCUT2D eigenvalue weighted by Crippen LogP contribution is 2.40. The molecule has 0 aliphatic heterocycles. The molecule has 6 aromatic carbocycles. The van der Waals surface area contributed by atoms with E-state index in [2.05, 4.69) is 38.8 Å². The van der Waals surface area contributed by atoms with Gasteiger partial charge in [0.2, 0.25) is 0 Å². The maximum absolute atomic E-state index is 14.1. The largest absolute Gasteiger partial charge is 0.494 e. The molecular formula is C71H80O14. The third-order valence-corrected chi connectivity index (χ3v) is 13.8. The molecule has 85 heavy (non-hydrogen) atoms. The number of carboxylic acid groups (broad SMARTS) is 1. The summed E-state index contributed by atoms with van der Waals surface area (Å²) in [5, 5.41) is 12.6. The SMILES string of the molecule is C=CC(=O)OCCCCCCOc1ccc(C(=O)Oc2cc(C(=O)O)c(OC(=O)c3ccc(OCCCCCCOC(=O)C=C)cc3)c(C(CCCCC)Oc3ccc4cc(C#Cc5ccc(OCCCCCCCC)cc5)ccc4c3)c2)cc1. The Morgan fingerprint density at radius 3 is 1.42 bits per heavy atom. The van der Waals surface area contributed by atoms with Gasteiger partial charge in [-0.05, 0) is 191 Å². The summed E-state index contributed by atoms with van der Waals surface area (Å²) < 4.78 is 46.7. The predicted molar refractivity (Wildman–Crippen MR) is 329 cm³/mol. The summed E-state index contributed by atoms with van der Waals surface area (Å²) in [7, 11) is 0. The molecule has 14 nitrogen and oxygen atoms in total. The lowest BCUT2D eigenvalue weighted by molar-refractivity contribution is -0.138. The van der Waals surface area contributed by atoms with Crippen molar-refractivity contribution in [2.75, 3.05) is 33.0 Å². The topological polar surface area (TPSA) is 179 Å². The van der Waals surface area contributed by atoms with Crippen LogP contribution in [0, 0.1) is 11.8 Å². The van der Waals surface area contributed by atoms with Crippen LogP contribution in [0.5, 0.6) is 34.5 Å². The van der Waals surface area contributed by atoms with Gasteiger partial charge in [-0.3, -0.25) is 0 Å². The van der Waals surface area contributed by atoms with Crippen molar-refractivity contribution < 1.29 is 67.0 Å². The van der Waals surface area contributed by atoms with Gasteiger partial charge in [0.05, 0.1) is 44.2 Å². The van der Waals surface area contributed by atoms with Crippen LogP contribution in [-0.4, -0.2) is 68.0 Å². The summed E-state index contributed by atoms with van der Waals surface area (Å²) in [6.07, 6.45) is 17.8. The van der Waals surface area contributed by atoms with Crippen LogP contribution < -0.4 is 28.4 Å². The average Bonchev–Trinajstić information content (AvgIpc) is 3.27. The molecule has 0 amide bonds. The molecule has 0 saturated heterocycles. The standard InChI is InChI=1S/C71H80O14/c1-5-9-11-12-13-19-43-78-58-36-28-52(29-37-58)25-26-53-27-30-57-49-61(42-35-56(57)48-53)83-65(24-18-10-6-2)63-50-62(84-70(76)54-31-38-59(39-32-54)79-44-20-14-16-22-46-81-66(72)7-3)51-64(69(74)75)68(63)85-71(77)55-33-40-60(41-34-55)80-45-21-15-17-23-47-82-67(73)8-4/h7-8,27-42,48-51,65H,3-6,9-24,43-47H2,1-2H3,(H,74,75). The zero-order valence-electron chi connectivity index (χ0n) is 49.2. The van der Waals surface area contributed by atoms with Crippen LogP contribution in [0.4, 0.5) is 0 Å². The van der Waals surface area contributed by atoms with E-state index in [1.54, 1.807) is 48.5 Å². The minimum absolute atomic E-state index is 0.0987. The number of carboxylic acids is 1. The number of hydrogen-bond acceptors (Lipinski definition) is 13. The summed E-state index contributed by atoms with van der Waals surface area (Å²) in [5.41, 5.74) is 1.79. The zero-order chi connectivity index (χ0) is 60.4. The van der Waals surface area contributed by atoms with Crippen LogP contribution >= 0.6 is 0 Å². The highest BCUT2D eigenvalue weighted by atomic mass is 16.6. The molecular weight excluding hydrogens is 1080 g/mol. The van der Waals surface area contributed by atoms with E-state index in [-0.39, 0.29) is 28.2 Å². The quantitative estimate of drug-likeness (QED) is 0.0127. The van der Waals surface area contributed by atoms with Crippen LogP contribution in [0.25, 0.3) is 10.8 Å². The molecule has 448 valence electrons. The molecule has 0 radical (unpaired) electrons. The summed E-state index contributed by atoms with van der Waals surface area (Å²) in [6.45, 7) is 13.3. The molecule has 6 rings (SSSR count). The Labute approximate surface area is 500 Å². The van der Waals surface area contributed by atoms with Crippen molar-refractivity contribution >= 4 is 40.6 Å². The number of aromatic carboxylic acids is 1. The van der Waals surface area contributed by atoms with Crippen molar-refractivity contribution in [2.45, 2.75) is 136 Å². The van der Waals surface area contributed by atoms with Gasteiger partial charge in [-0.2, -0.15) is 0 Å². The fraction of sp³-hybridized carbons (Fsp3) is 0.366. The van der Waals surface area contributed by atoms with Crippen molar-refractivity contribution in [1.29, 1.82) is 0 Å². The van der Waals surface area contributed by atoms with E-state index in [1.807, 2.05) is 60.7 Å². The molecule has 0 saturated carbocycles. The van der Waals surface area contributed by atoms with Crippen LogP contribution in [0.3, 0.4) is 0 Å². The van der Waals surface area contributed by atoms with Crippen LogP contribution in [0.15, 0.2) is 147 Å². The van der Waals surface area contributed by atoms with E-state index in [0.29, 0.717) is 63.1 Å². The van der Waals surface area contributed by atoms with E-state index >= 15 is 0 Å². The van der Waals surface area contributed by atoms with Gasteiger partial charge in [0.1, 0.15) is 40.4 Å². The molecule has 0 bridgehead atoms. The van der Waals surface area contributed by atoms with Crippen molar-refractivity contribution in [1.82, 2.24) is 0 Å². The van der Waals surface area contributed by atoms with Crippen molar-refractivity contribution in [3.63, 3.8) is 0 Å². The molecule has 14 heteroatoms. The van der Waals surface area contributed by atoms with Gasteiger partial charge in [0.15, 0.2) is 5.75 Å². The van der Waals surface area contributed by atoms with Gasteiger partial charge in [0.25, 0.3) is 0 Å². The van der Waals surface area contributed by atoms with Gasteiger partial charge in [-0.1, -0.05) is 95.9 Å². The summed E-state index contributed by atoms with van der Waals surface area (Å²) >= 11 is 0. The summed E-state index contributed by atoms with van der Waals surface area (Å²) in [5.74, 6) is 4.68. The summed E-state index contributed by atoms with van der Waals surface area (Å²) in [6, 6.07) is 34.9. The van der Waals surface area contributed by atoms with Crippen molar-refractivity contribution in [2.24, 2.45) is 0 Å². The maximum Gasteiger partial charge on any atom is 0.343 e. The smallest absolute Gasteiger partial charge is 0.343 e. The Balaban J connectivity index is 1.20. The Morgan fingerprint density at radius 1 is 0.459 bits per heavy atom. The van der Waals surface area contributed by atoms with E-state index in [0.717, 1.165) is 110 Å². The highest BCUT2D eigenvalue weighted by Gasteiger charge is 2.29. The van der Waals surface area contributed by atoms with Crippen LogP contribution in [0.1, 0.15) is 183 Å². The fourth-order valence-electron chi connectivity index (χ4n) is 9.09. The molecule has 0 aliphatic rings. The molecule has 0 aliphatic carbocycles. The number of hydrogen-bond donors (Lipinski definition) is 1. The van der Waals surface area contributed by atoms with Gasteiger partial charge in [-0.15, -0.1) is 0 Å². The lowest BCUT2D eigenvalue weighted by Crippen LogP contribution is -2.18. The number of rotatable bonds is 38. The van der Waals surface area contributed by atoms with Gasteiger partial charge in [0, 0.05) is 28.8 Å². The first kappa shape index (κ1) is 65.3. The normalized spacial score (nSPS) is 11.1. The Bertz CT molecular complexity index is 3170. The van der Waals surface area contributed by atoms with E-state index in [9.17, 15) is 29.1 Å². The number of carbonyl (C=O) groups is 5. The first-order valence-corrected chi connectivity index (χ1v) is 29.8. The minimum atomic E-state index is -1.43. The first-order chi connectivity index (χ1) is 41.5. The van der Waals surface area contributed by atoms with Gasteiger partial charge >= 0.3 is 29.8 Å². The lowest BCUT2D eigenvalue weighted by atomic mass is 9.98. The van der Waals surface area contributed by atoms with Crippen LogP contribution in [-0.2, 0) is 19.1 Å². The minimum Gasteiger partial charge on any atom is -0.494 e. The average molecular weight is 1160 g/mol. The number of esters is 4. The molecule has 0 spiro atoms. The lowest BCUT2D eigenvalue weighted by Gasteiger charge is -2.24. The highest BCUT2D eigenvalue weighted by molar-refractivity contribution is 5.97. The zero-order valence-corrected chi connectivity index (χ0v) is 49.2. The Morgan fingerprint density at radius 2 is 0.894 bits per heavy atom. The molecule has 6 aromatic rings. The molecule has 1 N–H and O–H groups in total. The second-order valence-corrected chi connectivity index (χ2v) is 20.5. The molecule has 1 unspecified atom stereocenters. The molecule has 0 fully saturated rings. The Kier molecular flexibility index (Phi) is 28.2. The number of benzene rings is 6. The fourth-order valence-corrected chi connectivity index (χ4v) is 9.09. The third kappa shape index (κ3) is 23.0. The predicted octanol–water partition coefficient (Wildman–Crippen LogP) is 16.2. The maximum atomic E-state index is 14.1. The monoisotopic (exact) mass is 1160 g/mol. The summed E-state index contributed by atoms with van der Waals surface area (Å²) in [4.78, 5) is 63.8. The van der Waals surface area contributed by atoms with Gasteiger partial charge < -0.3 is 43.0 Å². The van der Waals surface area contributed by atoms with Crippen LogP contribution in [0.2, 0.25) is 0 Å². The van der Waals surface area contributed by atoms with E-state index in [4.69, 9.17) is 37.9 Å². The Hall–Kier alpha value is -8.83. The third-order valence-electron chi connectivity index (χ3n) is 13.8. The van der Waals surface area contributed by atoms with Crippen molar-refractivity contribution in [3.05, 3.63) is 180 Å². The second-order valence-electron chi connectivity index (χ2n) is 20.5. The van der Waals surface area contributed by atoms with E-state index < -0.39 is 41.5 Å². The molecule has 1 atom stereocenters. The number of fused-ring (bicyclic) bond motifs is 1. The number of ether oxygens (including phenoxy) is 8. The second kappa shape index (κ2) is 36.7. The van der Waals surface area contributed by atoms with E-state index in [1.165, 1.54) is 44.2 Å².